The third kappa shape index (κ3) is 4.17. The number of ether oxygens (including phenoxy) is 1. The van der Waals surface area contributed by atoms with E-state index in [-0.39, 0.29) is 34.3 Å². The average molecular weight is 355 g/mol. The van der Waals surface area contributed by atoms with E-state index < -0.39 is 16.0 Å². The zero-order valence-corrected chi connectivity index (χ0v) is 14.2. The molecule has 1 aliphatic rings. The number of nitrogens with one attached hydrogen (secondary N) is 2. The number of carbonyl (C=O) groups excluding carboxylic acids is 1. The molecule has 1 aliphatic heterocycles. The Morgan fingerprint density at radius 1 is 1.52 bits per heavy atom. The van der Waals surface area contributed by atoms with Gasteiger partial charge in [0.25, 0.3) is 0 Å². The fraction of sp³-hybridized carbons (Fsp3) is 0.583. The van der Waals surface area contributed by atoms with E-state index in [2.05, 4.69) is 14.8 Å². The van der Waals surface area contributed by atoms with Crippen molar-refractivity contribution in [2.75, 3.05) is 13.7 Å². The van der Waals surface area contributed by atoms with Gasteiger partial charge in [-0.2, -0.15) is 0 Å². The summed E-state index contributed by atoms with van der Waals surface area (Å²) in [6, 6.07) is 1.33. The number of thiophene rings is 1. The van der Waals surface area contributed by atoms with Crippen molar-refractivity contribution in [1.29, 1.82) is 0 Å². The Morgan fingerprint density at radius 3 is 2.86 bits per heavy atom. The molecule has 120 valence electrons. The summed E-state index contributed by atoms with van der Waals surface area (Å²) >= 11 is 1.06. The molecule has 0 amide bonds. The first-order valence-corrected chi connectivity index (χ1v) is 8.73. The van der Waals surface area contributed by atoms with E-state index in [0.29, 0.717) is 0 Å². The smallest absolute Gasteiger partial charge is 0.349 e. The van der Waals surface area contributed by atoms with Gasteiger partial charge >= 0.3 is 5.97 Å². The highest BCUT2D eigenvalue weighted by molar-refractivity contribution is 7.89. The number of halogens is 1. The van der Waals surface area contributed by atoms with E-state index in [1.807, 2.05) is 6.92 Å². The van der Waals surface area contributed by atoms with Crippen LogP contribution in [-0.4, -0.2) is 40.1 Å². The minimum absolute atomic E-state index is 0. The third-order valence-corrected chi connectivity index (χ3v) is 5.91. The number of rotatable bonds is 4. The number of sulfonamides is 1. The quantitative estimate of drug-likeness (QED) is 0.798. The highest BCUT2D eigenvalue weighted by Gasteiger charge is 2.30. The van der Waals surface area contributed by atoms with Crippen LogP contribution in [0.5, 0.6) is 0 Å². The van der Waals surface area contributed by atoms with E-state index in [9.17, 15) is 13.2 Å². The van der Waals surface area contributed by atoms with Crippen molar-refractivity contribution in [3.8, 4) is 0 Å². The van der Waals surface area contributed by atoms with Crippen LogP contribution in [-0.2, 0) is 14.8 Å². The molecule has 6 nitrogen and oxygen atoms in total. The zero-order valence-electron chi connectivity index (χ0n) is 11.8. The van der Waals surface area contributed by atoms with Crippen molar-refractivity contribution in [3.63, 3.8) is 0 Å². The highest BCUT2D eigenvalue weighted by atomic mass is 35.5. The Balaban J connectivity index is 0.00000220. The summed E-state index contributed by atoms with van der Waals surface area (Å²) in [5.74, 6) is -0.629. The largest absolute Gasteiger partial charge is 0.465 e. The minimum atomic E-state index is -3.72. The minimum Gasteiger partial charge on any atom is -0.465 e. The summed E-state index contributed by atoms with van der Waals surface area (Å²) in [5.41, 5.74) is 0. The summed E-state index contributed by atoms with van der Waals surface area (Å²) < 4.78 is 32.1. The fourth-order valence-electron chi connectivity index (χ4n) is 2.22. The van der Waals surface area contributed by atoms with Gasteiger partial charge < -0.3 is 10.1 Å². The van der Waals surface area contributed by atoms with Gasteiger partial charge in [0.2, 0.25) is 10.0 Å². The van der Waals surface area contributed by atoms with E-state index in [1.54, 1.807) is 5.38 Å². The number of hydrogen-bond acceptors (Lipinski definition) is 6. The van der Waals surface area contributed by atoms with Crippen molar-refractivity contribution >= 4 is 39.7 Å². The van der Waals surface area contributed by atoms with Gasteiger partial charge in [0.15, 0.2) is 0 Å². The molecule has 0 aromatic carbocycles. The molecule has 2 atom stereocenters. The summed E-state index contributed by atoms with van der Waals surface area (Å²) in [4.78, 5) is 11.7. The number of methoxy groups -OCH3 is 1. The van der Waals surface area contributed by atoms with Crippen LogP contribution in [0.2, 0.25) is 0 Å². The van der Waals surface area contributed by atoms with Gasteiger partial charge in [-0.25, -0.2) is 17.9 Å². The normalized spacial score (nSPS) is 22.4. The molecular formula is C12H19ClN2O4S2. The third-order valence-electron chi connectivity index (χ3n) is 3.36. The molecule has 2 unspecified atom stereocenters. The van der Waals surface area contributed by atoms with Crippen molar-refractivity contribution in [1.82, 2.24) is 10.0 Å². The number of hydrogen-bond donors (Lipinski definition) is 2. The summed E-state index contributed by atoms with van der Waals surface area (Å²) in [6.45, 7) is 2.84. The van der Waals surface area contributed by atoms with E-state index in [1.165, 1.54) is 13.2 Å². The van der Waals surface area contributed by atoms with Crippen molar-refractivity contribution in [2.45, 2.75) is 36.7 Å². The SMILES string of the molecule is COC(=O)c1sccc1S(=O)(=O)NC1CCCNC1C.Cl. The first-order valence-electron chi connectivity index (χ1n) is 6.37. The lowest BCUT2D eigenvalue weighted by molar-refractivity contribution is 0.0602. The molecule has 2 rings (SSSR count). The molecular weight excluding hydrogens is 336 g/mol. The van der Waals surface area contributed by atoms with Crippen molar-refractivity contribution in [2.24, 2.45) is 0 Å². The van der Waals surface area contributed by atoms with Gasteiger partial charge in [-0.05, 0) is 37.8 Å². The summed E-state index contributed by atoms with van der Waals surface area (Å²) in [6.07, 6.45) is 1.70. The maximum absolute atomic E-state index is 12.4. The Morgan fingerprint density at radius 2 is 2.24 bits per heavy atom. The van der Waals surface area contributed by atoms with Crippen molar-refractivity contribution in [3.05, 3.63) is 16.3 Å². The van der Waals surface area contributed by atoms with E-state index >= 15 is 0 Å². The van der Waals surface area contributed by atoms with E-state index in [0.717, 1.165) is 30.7 Å². The number of piperidine rings is 1. The van der Waals surface area contributed by atoms with Crippen LogP contribution >= 0.6 is 23.7 Å². The second kappa shape index (κ2) is 7.55. The molecule has 21 heavy (non-hydrogen) atoms. The van der Waals surface area contributed by atoms with Crippen LogP contribution in [0, 0.1) is 0 Å². The first kappa shape index (κ1) is 18.4. The molecule has 0 spiro atoms. The maximum Gasteiger partial charge on any atom is 0.349 e. The molecule has 1 fully saturated rings. The molecule has 0 saturated carbocycles. The standard InChI is InChI=1S/C12H18N2O4S2.ClH/c1-8-9(4-3-6-13-8)14-20(16,17)10-5-7-19-11(10)12(15)18-2;/h5,7-9,13-14H,3-4,6H2,1-2H3;1H. The Kier molecular flexibility index (Phi) is 6.61. The Labute approximate surface area is 134 Å². The van der Waals surface area contributed by atoms with Gasteiger partial charge in [0.1, 0.15) is 9.77 Å². The van der Waals surface area contributed by atoms with Crippen LogP contribution in [0.25, 0.3) is 0 Å². The van der Waals surface area contributed by atoms with Crippen LogP contribution in [0.3, 0.4) is 0 Å². The topological polar surface area (TPSA) is 84.5 Å². The van der Waals surface area contributed by atoms with Gasteiger partial charge in [0.05, 0.1) is 7.11 Å². The van der Waals surface area contributed by atoms with Gasteiger partial charge in [-0.1, -0.05) is 0 Å². The maximum atomic E-state index is 12.4. The van der Waals surface area contributed by atoms with Gasteiger partial charge in [-0.15, -0.1) is 23.7 Å². The highest BCUT2D eigenvalue weighted by Crippen LogP contribution is 2.23. The zero-order chi connectivity index (χ0) is 14.8. The predicted octanol–water partition coefficient (Wildman–Crippen LogP) is 1.38. The average Bonchev–Trinajstić information content (AvgIpc) is 2.90. The second-order valence-corrected chi connectivity index (χ2v) is 7.32. The molecule has 0 aliphatic carbocycles. The molecule has 1 saturated heterocycles. The van der Waals surface area contributed by atoms with Crippen molar-refractivity contribution < 1.29 is 17.9 Å². The van der Waals surface area contributed by atoms with Gasteiger partial charge in [-0.3, -0.25) is 0 Å². The second-order valence-electron chi connectivity index (χ2n) is 4.72. The van der Waals surface area contributed by atoms with Crippen LogP contribution in [0.4, 0.5) is 0 Å². The molecule has 0 bridgehead atoms. The number of esters is 1. The van der Waals surface area contributed by atoms with Gasteiger partial charge in [0, 0.05) is 12.1 Å². The molecule has 1 aromatic heterocycles. The molecule has 9 heteroatoms. The van der Waals surface area contributed by atoms with E-state index in [4.69, 9.17) is 0 Å². The predicted molar refractivity (Wildman–Crippen MR) is 83.7 cm³/mol. The Bertz CT molecular complexity index is 588. The molecule has 2 heterocycles. The number of carbonyl (C=O) groups is 1. The first-order chi connectivity index (χ1) is 9.45. The van der Waals surface area contributed by atoms with Crippen LogP contribution < -0.4 is 10.0 Å². The fourth-order valence-corrected chi connectivity index (χ4v) is 4.90. The monoisotopic (exact) mass is 354 g/mol. The summed E-state index contributed by atoms with van der Waals surface area (Å²) in [7, 11) is -2.48. The summed E-state index contributed by atoms with van der Waals surface area (Å²) in [5, 5.41) is 4.81. The molecule has 2 N–H and O–H groups in total. The molecule has 0 radical (unpaired) electrons. The van der Waals surface area contributed by atoms with Crippen LogP contribution in [0.1, 0.15) is 29.4 Å². The lowest BCUT2D eigenvalue weighted by atomic mass is 10.0. The lowest BCUT2D eigenvalue weighted by Crippen LogP contribution is -2.51. The molecule has 1 aromatic rings. The lowest BCUT2D eigenvalue weighted by Gasteiger charge is -2.30. The Hall–Kier alpha value is -0.670. The van der Waals surface area contributed by atoms with Crippen LogP contribution in [0.15, 0.2) is 16.3 Å².